The Balaban J connectivity index is 1.74. The number of rotatable bonds is 1. The fourth-order valence-corrected chi connectivity index (χ4v) is 4.00. The molecule has 2 unspecified atom stereocenters. The Kier molecular flexibility index (Phi) is 3.97. The Labute approximate surface area is 124 Å². The van der Waals surface area contributed by atoms with Crippen LogP contribution in [0.5, 0.6) is 0 Å². The summed E-state index contributed by atoms with van der Waals surface area (Å²) in [6.07, 6.45) is 6.76. The second kappa shape index (κ2) is 5.55. The molecule has 1 aromatic rings. The van der Waals surface area contributed by atoms with Crippen LogP contribution in [0.15, 0.2) is 28.7 Å². The number of halogens is 1. The van der Waals surface area contributed by atoms with E-state index in [1.54, 1.807) is 0 Å². The highest BCUT2D eigenvalue weighted by Crippen LogP contribution is 2.36. The molecule has 104 valence electrons. The number of hydrogen-bond donors (Lipinski definition) is 1. The van der Waals surface area contributed by atoms with Gasteiger partial charge in [-0.05, 0) is 37.5 Å². The molecule has 1 spiro atoms. The van der Waals surface area contributed by atoms with Crippen molar-refractivity contribution in [1.82, 2.24) is 5.32 Å². The highest BCUT2D eigenvalue weighted by atomic mass is 79.9. The second-order valence-electron chi connectivity index (χ2n) is 6.06. The molecule has 1 heterocycles. The van der Waals surface area contributed by atoms with Gasteiger partial charge in [-0.1, -0.05) is 47.3 Å². The third kappa shape index (κ3) is 2.88. The molecule has 2 aliphatic rings. The molecule has 2 nitrogen and oxygen atoms in total. The molecular weight excluding hydrogens is 302 g/mol. The van der Waals surface area contributed by atoms with Gasteiger partial charge in [0.1, 0.15) is 0 Å². The van der Waals surface area contributed by atoms with Crippen LogP contribution in [0.25, 0.3) is 0 Å². The van der Waals surface area contributed by atoms with Gasteiger partial charge in [-0.2, -0.15) is 0 Å². The molecular formula is C16H22BrNO. The van der Waals surface area contributed by atoms with Crippen LogP contribution >= 0.6 is 15.9 Å². The van der Waals surface area contributed by atoms with E-state index in [4.69, 9.17) is 4.74 Å². The van der Waals surface area contributed by atoms with E-state index in [2.05, 4.69) is 52.4 Å². The molecule has 3 heteroatoms. The van der Waals surface area contributed by atoms with Crippen molar-refractivity contribution in [3.63, 3.8) is 0 Å². The van der Waals surface area contributed by atoms with E-state index in [9.17, 15) is 0 Å². The average Bonchev–Trinajstić information content (AvgIpc) is 2.39. The van der Waals surface area contributed by atoms with Crippen LogP contribution < -0.4 is 5.32 Å². The van der Waals surface area contributed by atoms with Gasteiger partial charge in [0.05, 0.1) is 12.7 Å². The van der Waals surface area contributed by atoms with Crippen molar-refractivity contribution in [2.24, 2.45) is 0 Å². The standard InChI is InChI=1S/C16H22BrNO/c1-12-15(13-6-5-7-14(17)10-13)19-11-16(18-12)8-3-2-4-9-16/h5-7,10,12,15,18H,2-4,8-9,11H2,1H3. The van der Waals surface area contributed by atoms with Crippen molar-refractivity contribution in [2.45, 2.75) is 56.7 Å². The summed E-state index contributed by atoms with van der Waals surface area (Å²) in [5, 5.41) is 3.86. The van der Waals surface area contributed by atoms with E-state index >= 15 is 0 Å². The zero-order valence-electron chi connectivity index (χ0n) is 11.5. The minimum atomic E-state index is 0.171. The lowest BCUT2D eigenvalue weighted by molar-refractivity contribution is -0.0714. The summed E-state index contributed by atoms with van der Waals surface area (Å²) in [4.78, 5) is 0. The van der Waals surface area contributed by atoms with Gasteiger partial charge in [0.2, 0.25) is 0 Å². The third-order valence-corrected chi connectivity index (χ3v) is 5.01. The first-order chi connectivity index (χ1) is 9.19. The number of benzene rings is 1. The predicted molar refractivity (Wildman–Crippen MR) is 81.2 cm³/mol. The molecule has 2 fully saturated rings. The van der Waals surface area contributed by atoms with Crippen molar-refractivity contribution in [3.8, 4) is 0 Å². The predicted octanol–water partition coefficient (Wildman–Crippen LogP) is 4.20. The molecule has 0 bridgehead atoms. The number of hydrogen-bond acceptors (Lipinski definition) is 2. The summed E-state index contributed by atoms with van der Waals surface area (Å²) >= 11 is 3.54. The first-order valence-corrected chi connectivity index (χ1v) is 8.13. The molecule has 2 atom stereocenters. The smallest absolute Gasteiger partial charge is 0.0976 e. The molecule has 3 rings (SSSR count). The molecule has 1 saturated carbocycles. The molecule has 1 N–H and O–H groups in total. The van der Waals surface area contributed by atoms with Crippen molar-refractivity contribution in [2.75, 3.05) is 6.61 Å². The Morgan fingerprint density at radius 2 is 2.05 bits per heavy atom. The summed E-state index contributed by atoms with van der Waals surface area (Å²) in [6, 6.07) is 8.85. The fraction of sp³-hybridized carbons (Fsp3) is 0.625. The normalized spacial score (nSPS) is 30.4. The van der Waals surface area contributed by atoms with Gasteiger partial charge < -0.3 is 10.1 Å². The maximum absolute atomic E-state index is 6.24. The minimum absolute atomic E-state index is 0.171. The van der Waals surface area contributed by atoms with E-state index in [-0.39, 0.29) is 11.6 Å². The maximum Gasteiger partial charge on any atom is 0.0976 e. The highest BCUT2D eigenvalue weighted by Gasteiger charge is 2.40. The lowest BCUT2D eigenvalue weighted by Crippen LogP contribution is -2.59. The number of morpholine rings is 1. The highest BCUT2D eigenvalue weighted by molar-refractivity contribution is 9.10. The molecule has 0 amide bonds. The molecule has 1 saturated heterocycles. The number of nitrogens with one attached hydrogen (secondary N) is 1. The summed E-state index contributed by atoms with van der Waals surface area (Å²) < 4.78 is 7.37. The van der Waals surface area contributed by atoms with E-state index < -0.39 is 0 Å². The summed E-state index contributed by atoms with van der Waals surface area (Å²) in [7, 11) is 0. The average molecular weight is 324 g/mol. The van der Waals surface area contributed by atoms with Crippen LogP contribution in [-0.4, -0.2) is 18.2 Å². The van der Waals surface area contributed by atoms with E-state index in [1.165, 1.54) is 37.7 Å². The Hall–Kier alpha value is -0.380. The first-order valence-electron chi connectivity index (χ1n) is 7.33. The Bertz CT molecular complexity index is 442. The molecule has 1 aliphatic carbocycles. The Morgan fingerprint density at radius 3 is 2.74 bits per heavy atom. The SMILES string of the molecule is CC1NC2(CCCCC2)COC1c1cccc(Br)c1. The quantitative estimate of drug-likeness (QED) is 0.836. The second-order valence-corrected chi connectivity index (χ2v) is 6.98. The van der Waals surface area contributed by atoms with Gasteiger partial charge in [-0.15, -0.1) is 0 Å². The van der Waals surface area contributed by atoms with Crippen LogP contribution in [0.1, 0.15) is 50.7 Å². The Morgan fingerprint density at radius 1 is 1.26 bits per heavy atom. The molecule has 1 aromatic carbocycles. The van der Waals surface area contributed by atoms with Crippen LogP contribution in [0, 0.1) is 0 Å². The van der Waals surface area contributed by atoms with E-state index in [0.717, 1.165) is 11.1 Å². The van der Waals surface area contributed by atoms with Gasteiger partial charge in [-0.25, -0.2) is 0 Å². The van der Waals surface area contributed by atoms with Crippen molar-refractivity contribution < 1.29 is 4.74 Å². The minimum Gasteiger partial charge on any atom is -0.370 e. The zero-order chi connectivity index (χ0) is 13.3. The van der Waals surface area contributed by atoms with Gasteiger partial charge >= 0.3 is 0 Å². The van der Waals surface area contributed by atoms with Crippen LogP contribution in [0.4, 0.5) is 0 Å². The van der Waals surface area contributed by atoms with E-state index in [0.29, 0.717) is 6.04 Å². The van der Waals surface area contributed by atoms with Crippen LogP contribution in [0.3, 0.4) is 0 Å². The zero-order valence-corrected chi connectivity index (χ0v) is 13.1. The third-order valence-electron chi connectivity index (χ3n) is 4.52. The summed E-state index contributed by atoms with van der Waals surface area (Å²) in [5.41, 5.74) is 1.51. The lowest BCUT2D eigenvalue weighted by atomic mass is 9.80. The summed E-state index contributed by atoms with van der Waals surface area (Å²) in [6.45, 7) is 3.11. The first kappa shape index (κ1) is 13.6. The van der Waals surface area contributed by atoms with Crippen molar-refractivity contribution in [3.05, 3.63) is 34.3 Å². The number of ether oxygens (including phenoxy) is 1. The summed E-state index contributed by atoms with van der Waals surface area (Å²) in [5.74, 6) is 0. The molecule has 0 radical (unpaired) electrons. The monoisotopic (exact) mass is 323 g/mol. The van der Waals surface area contributed by atoms with Gasteiger partial charge in [0.25, 0.3) is 0 Å². The van der Waals surface area contributed by atoms with E-state index in [1.807, 2.05) is 0 Å². The molecule has 0 aromatic heterocycles. The maximum atomic E-state index is 6.24. The van der Waals surface area contributed by atoms with Crippen molar-refractivity contribution >= 4 is 15.9 Å². The van der Waals surface area contributed by atoms with Gasteiger partial charge in [-0.3, -0.25) is 0 Å². The lowest BCUT2D eigenvalue weighted by Gasteiger charge is -2.47. The topological polar surface area (TPSA) is 21.3 Å². The van der Waals surface area contributed by atoms with Crippen molar-refractivity contribution in [1.29, 1.82) is 0 Å². The van der Waals surface area contributed by atoms with Crippen LogP contribution in [-0.2, 0) is 4.74 Å². The van der Waals surface area contributed by atoms with Gasteiger partial charge in [0, 0.05) is 16.1 Å². The van der Waals surface area contributed by atoms with Gasteiger partial charge in [0.15, 0.2) is 0 Å². The molecule has 1 aliphatic heterocycles. The van der Waals surface area contributed by atoms with Crippen LogP contribution in [0.2, 0.25) is 0 Å². The molecule has 19 heavy (non-hydrogen) atoms. The fourth-order valence-electron chi connectivity index (χ4n) is 3.58. The largest absolute Gasteiger partial charge is 0.370 e.